The van der Waals surface area contributed by atoms with Gasteiger partial charge in [-0.1, -0.05) is 61.9 Å². The summed E-state index contributed by atoms with van der Waals surface area (Å²) in [5.41, 5.74) is 4.35. The van der Waals surface area contributed by atoms with Crippen LogP contribution in [0.4, 0.5) is 13.6 Å². The normalized spacial score (nSPS) is 19.1. The zero-order valence-electron chi connectivity index (χ0n) is 19.4. The number of benzene rings is 2. The predicted molar refractivity (Wildman–Crippen MR) is 124 cm³/mol. The smallest absolute Gasteiger partial charge is 0.407 e. The van der Waals surface area contributed by atoms with Crippen LogP contribution in [0.5, 0.6) is 0 Å². The number of nitrogens with zero attached hydrogens (tertiary/aromatic N) is 1. The summed E-state index contributed by atoms with van der Waals surface area (Å²) in [6, 6.07) is 15.9. The van der Waals surface area contributed by atoms with Crippen LogP contribution in [0.15, 0.2) is 48.5 Å². The first-order valence-electron chi connectivity index (χ1n) is 11.7. The number of carboxylic acids is 1. The molecule has 0 radical (unpaired) electrons. The molecule has 0 spiro atoms. The lowest BCUT2D eigenvalue weighted by Gasteiger charge is -2.23. The zero-order chi connectivity index (χ0) is 25.2. The molecule has 7 nitrogen and oxygen atoms in total. The quantitative estimate of drug-likeness (QED) is 0.585. The molecule has 4 rings (SSSR count). The highest BCUT2D eigenvalue weighted by Gasteiger charge is 2.54. The molecule has 1 aliphatic heterocycles. The van der Waals surface area contributed by atoms with Gasteiger partial charge in [0.1, 0.15) is 12.5 Å². The van der Waals surface area contributed by atoms with Crippen molar-refractivity contribution >= 4 is 18.0 Å². The Hall–Kier alpha value is -3.49. The summed E-state index contributed by atoms with van der Waals surface area (Å²) in [4.78, 5) is 37.3. The highest BCUT2D eigenvalue weighted by molar-refractivity contribution is 5.82. The SMILES string of the molecule is CCCC(CNC(=O)OCC1c2ccccc2-c2ccccc21)C(=O)N1CC(C(=O)O)C(F)(F)C1. The Morgan fingerprint density at radius 1 is 1.11 bits per heavy atom. The van der Waals surface area contributed by atoms with Crippen molar-refractivity contribution in [2.24, 2.45) is 11.8 Å². The van der Waals surface area contributed by atoms with Crippen molar-refractivity contribution in [1.82, 2.24) is 10.2 Å². The van der Waals surface area contributed by atoms with Gasteiger partial charge in [0.05, 0.1) is 12.5 Å². The van der Waals surface area contributed by atoms with Gasteiger partial charge >= 0.3 is 12.1 Å². The van der Waals surface area contributed by atoms with Gasteiger partial charge in [-0.25, -0.2) is 13.6 Å². The Bertz CT molecular complexity index is 1080. The van der Waals surface area contributed by atoms with Crippen LogP contribution in [0.2, 0.25) is 0 Å². The van der Waals surface area contributed by atoms with Crippen LogP contribution < -0.4 is 5.32 Å². The number of alkyl carbamates (subject to hydrolysis) is 1. The first-order valence-corrected chi connectivity index (χ1v) is 11.7. The van der Waals surface area contributed by atoms with Crippen LogP contribution in [0, 0.1) is 11.8 Å². The van der Waals surface area contributed by atoms with E-state index in [0.29, 0.717) is 12.8 Å². The molecule has 1 saturated heterocycles. The van der Waals surface area contributed by atoms with Gasteiger partial charge in [0.15, 0.2) is 0 Å². The minimum atomic E-state index is -3.49. The second-order valence-electron chi connectivity index (χ2n) is 9.06. The standard InChI is InChI=1S/C26H28F2N2O5/c1-2-7-16(23(31)30-13-22(24(32)33)26(27,28)15-30)12-29-25(34)35-14-21-19-10-5-3-8-17(19)18-9-4-6-11-20(18)21/h3-6,8-11,16,21-22H,2,7,12-15H2,1H3,(H,29,34)(H,32,33). The molecular weight excluding hydrogens is 458 g/mol. The van der Waals surface area contributed by atoms with Crippen LogP contribution in [-0.4, -0.2) is 60.1 Å². The number of rotatable bonds is 8. The number of likely N-dealkylation sites (tertiary alicyclic amines) is 1. The number of halogens is 2. The molecule has 2 atom stereocenters. The summed E-state index contributed by atoms with van der Waals surface area (Å²) in [6.45, 7) is 0.389. The molecule has 1 heterocycles. The Morgan fingerprint density at radius 2 is 1.71 bits per heavy atom. The number of fused-ring (bicyclic) bond motifs is 3. The summed E-state index contributed by atoms with van der Waals surface area (Å²) in [6.07, 6.45) is 0.258. The van der Waals surface area contributed by atoms with Gasteiger partial charge in [-0.3, -0.25) is 9.59 Å². The maximum atomic E-state index is 14.0. The minimum absolute atomic E-state index is 0.0802. The van der Waals surface area contributed by atoms with Gasteiger partial charge in [0, 0.05) is 19.0 Å². The van der Waals surface area contributed by atoms with E-state index in [9.17, 15) is 23.2 Å². The highest BCUT2D eigenvalue weighted by atomic mass is 19.3. The monoisotopic (exact) mass is 486 g/mol. The van der Waals surface area contributed by atoms with Crippen molar-refractivity contribution in [1.29, 1.82) is 0 Å². The molecule has 35 heavy (non-hydrogen) atoms. The zero-order valence-corrected chi connectivity index (χ0v) is 19.4. The van der Waals surface area contributed by atoms with Crippen molar-refractivity contribution in [3.63, 3.8) is 0 Å². The van der Waals surface area contributed by atoms with Gasteiger partial charge in [-0.05, 0) is 28.7 Å². The average Bonchev–Trinajstić information content (AvgIpc) is 3.34. The number of carboxylic acid groups (broad SMARTS) is 1. The van der Waals surface area contributed by atoms with E-state index in [0.717, 1.165) is 27.2 Å². The molecule has 0 bridgehead atoms. The number of carbonyl (C=O) groups excluding carboxylic acids is 2. The van der Waals surface area contributed by atoms with E-state index in [1.807, 2.05) is 55.5 Å². The summed E-state index contributed by atoms with van der Waals surface area (Å²) >= 11 is 0. The summed E-state index contributed by atoms with van der Waals surface area (Å²) in [7, 11) is 0. The second kappa shape index (κ2) is 10.0. The molecule has 2 N–H and O–H groups in total. The Balaban J connectivity index is 1.35. The third-order valence-corrected chi connectivity index (χ3v) is 6.75. The lowest BCUT2D eigenvalue weighted by Crippen LogP contribution is -2.41. The van der Waals surface area contributed by atoms with Gasteiger partial charge < -0.3 is 20.1 Å². The fourth-order valence-electron chi connectivity index (χ4n) is 4.99. The molecular formula is C26H28F2N2O5. The van der Waals surface area contributed by atoms with Crippen molar-refractivity contribution in [2.45, 2.75) is 31.6 Å². The molecule has 9 heteroatoms. The fraction of sp³-hybridized carbons (Fsp3) is 0.423. The average molecular weight is 487 g/mol. The third kappa shape index (κ3) is 4.99. The maximum Gasteiger partial charge on any atom is 0.407 e. The van der Waals surface area contributed by atoms with Gasteiger partial charge in [-0.15, -0.1) is 0 Å². The Morgan fingerprint density at radius 3 is 2.26 bits per heavy atom. The minimum Gasteiger partial charge on any atom is -0.481 e. The Kier molecular flexibility index (Phi) is 7.05. The van der Waals surface area contributed by atoms with Crippen molar-refractivity contribution in [3.05, 3.63) is 59.7 Å². The van der Waals surface area contributed by atoms with Crippen LogP contribution >= 0.6 is 0 Å². The molecule has 2 unspecified atom stereocenters. The molecule has 2 aromatic carbocycles. The van der Waals surface area contributed by atoms with E-state index < -0.39 is 48.8 Å². The number of carbonyl (C=O) groups is 3. The molecule has 186 valence electrons. The lowest BCUT2D eigenvalue weighted by atomic mass is 9.98. The number of nitrogens with one attached hydrogen (secondary N) is 1. The van der Waals surface area contributed by atoms with Crippen LogP contribution in [0.25, 0.3) is 11.1 Å². The maximum absolute atomic E-state index is 14.0. The van der Waals surface area contributed by atoms with Gasteiger partial charge in [-0.2, -0.15) is 0 Å². The van der Waals surface area contributed by atoms with Crippen LogP contribution in [-0.2, 0) is 14.3 Å². The molecule has 2 amide bonds. The number of amides is 2. The molecule has 1 fully saturated rings. The number of aliphatic carboxylic acids is 1. The van der Waals surface area contributed by atoms with E-state index >= 15 is 0 Å². The van der Waals surface area contributed by atoms with Crippen LogP contribution in [0.1, 0.15) is 36.8 Å². The van der Waals surface area contributed by atoms with E-state index in [4.69, 9.17) is 9.84 Å². The molecule has 2 aromatic rings. The first kappa shape index (κ1) is 24.6. The second-order valence-corrected chi connectivity index (χ2v) is 9.06. The molecule has 1 aliphatic carbocycles. The van der Waals surface area contributed by atoms with Crippen molar-refractivity contribution in [2.75, 3.05) is 26.2 Å². The van der Waals surface area contributed by atoms with Crippen molar-refractivity contribution in [3.8, 4) is 11.1 Å². The van der Waals surface area contributed by atoms with E-state index in [1.165, 1.54) is 0 Å². The van der Waals surface area contributed by atoms with Crippen molar-refractivity contribution < 1.29 is 33.0 Å². The summed E-state index contributed by atoms with van der Waals surface area (Å²) in [5, 5.41) is 11.6. The topological polar surface area (TPSA) is 95.9 Å². The van der Waals surface area contributed by atoms with E-state index in [-0.39, 0.29) is 19.1 Å². The molecule has 2 aliphatic rings. The van der Waals surface area contributed by atoms with Gasteiger partial charge in [0.25, 0.3) is 5.92 Å². The van der Waals surface area contributed by atoms with Crippen LogP contribution in [0.3, 0.4) is 0 Å². The molecule has 0 aromatic heterocycles. The lowest BCUT2D eigenvalue weighted by molar-refractivity contribution is -0.151. The Labute approximate surface area is 202 Å². The largest absolute Gasteiger partial charge is 0.481 e. The highest BCUT2D eigenvalue weighted by Crippen LogP contribution is 2.44. The fourth-order valence-corrected chi connectivity index (χ4v) is 4.99. The summed E-state index contributed by atoms with van der Waals surface area (Å²) < 4.78 is 33.5. The number of hydrogen-bond acceptors (Lipinski definition) is 4. The number of hydrogen-bond donors (Lipinski definition) is 2. The number of alkyl halides is 2. The van der Waals surface area contributed by atoms with E-state index in [2.05, 4.69) is 5.32 Å². The summed E-state index contributed by atoms with van der Waals surface area (Å²) in [5.74, 6) is -8.49. The first-order chi connectivity index (χ1) is 16.7. The molecule has 0 saturated carbocycles. The van der Waals surface area contributed by atoms with E-state index in [1.54, 1.807) is 0 Å². The number of ether oxygens (including phenoxy) is 1. The third-order valence-electron chi connectivity index (χ3n) is 6.75. The predicted octanol–water partition coefficient (Wildman–Crippen LogP) is 4.12. The van der Waals surface area contributed by atoms with Gasteiger partial charge in [0.2, 0.25) is 5.91 Å².